The second-order valence-electron chi connectivity index (χ2n) is 5.42. The Hall–Kier alpha value is 0.1000. The largest absolute Gasteiger partial charge is 0.311 e. The zero-order valence-corrected chi connectivity index (χ0v) is 13.7. The minimum absolute atomic E-state index is 0.756. The van der Waals surface area contributed by atoms with Crippen molar-refractivity contribution in [3.63, 3.8) is 0 Å². The van der Waals surface area contributed by atoms with Crippen molar-refractivity contribution in [2.75, 3.05) is 19.6 Å². The average molecular weight is 331 g/mol. The maximum atomic E-state index is 3.54. The fourth-order valence-corrected chi connectivity index (χ4v) is 4.09. The van der Waals surface area contributed by atoms with Crippen LogP contribution in [0.4, 0.5) is 0 Å². The van der Waals surface area contributed by atoms with Gasteiger partial charge < -0.3 is 5.32 Å². The van der Waals surface area contributed by atoms with E-state index in [0.717, 1.165) is 25.0 Å². The van der Waals surface area contributed by atoms with Crippen LogP contribution >= 0.6 is 27.3 Å². The number of nitrogens with one attached hydrogen (secondary N) is 1. The number of halogens is 1. The SMILES string of the molecule is CC1CCN(CCNCc2cc(Br)cs2)C(C)C1. The summed E-state index contributed by atoms with van der Waals surface area (Å²) in [5.41, 5.74) is 0. The number of piperidine rings is 1. The molecule has 2 rings (SSSR count). The molecule has 0 saturated carbocycles. The van der Waals surface area contributed by atoms with Gasteiger partial charge in [-0.25, -0.2) is 0 Å². The minimum Gasteiger partial charge on any atom is -0.311 e. The van der Waals surface area contributed by atoms with Crippen molar-refractivity contribution in [1.82, 2.24) is 10.2 Å². The van der Waals surface area contributed by atoms with E-state index in [2.05, 4.69) is 51.4 Å². The molecule has 1 aliphatic rings. The lowest BCUT2D eigenvalue weighted by Crippen LogP contribution is -2.43. The maximum Gasteiger partial charge on any atom is 0.0300 e. The van der Waals surface area contributed by atoms with Gasteiger partial charge in [-0.1, -0.05) is 6.92 Å². The first-order chi connectivity index (χ1) is 8.65. The van der Waals surface area contributed by atoms with Gasteiger partial charge in [-0.3, -0.25) is 4.90 Å². The third-order valence-electron chi connectivity index (χ3n) is 3.77. The Labute approximate surface area is 123 Å². The Bertz CT molecular complexity index is 366. The van der Waals surface area contributed by atoms with Gasteiger partial charge in [0.05, 0.1) is 0 Å². The molecule has 18 heavy (non-hydrogen) atoms. The molecule has 2 heterocycles. The predicted octanol–water partition coefficient (Wildman–Crippen LogP) is 3.72. The van der Waals surface area contributed by atoms with E-state index in [0.29, 0.717) is 0 Å². The van der Waals surface area contributed by atoms with Gasteiger partial charge in [-0.15, -0.1) is 11.3 Å². The number of nitrogens with zero attached hydrogens (tertiary/aromatic N) is 1. The van der Waals surface area contributed by atoms with E-state index in [-0.39, 0.29) is 0 Å². The number of thiophene rings is 1. The lowest BCUT2D eigenvalue weighted by molar-refractivity contribution is 0.130. The Morgan fingerprint density at radius 1 is 1.50 bits per heavy atom. The van der Waals surface area contributed by atoms with E-state index in [4.69, 9.17) is 0 Å². The van der Waals surface area contributed by atoms with E-state index >= 15 is 0 Å². The number of likely N-dealkylation sites (tertiary alicyclic amines) is 1. The highest BCUT2D eigenvalue weighted by Gasteiger charge is 2.21. The summed E-state index contributed by atoms with van der Waals surface area (Å²) in [5.74, 6) is 0.910. The third kappa shape index (κ3) is 4.34. The first-order valence-corrected chi connectivity index (χ1v) is 8.50. The highest BCUT2D eigenvalue weighted by atomic mass is 79.9. The van der Waals surface area contributed by atoms with Crippen molar-refractivity contribution in [2.45, 2.75) is 39.3 Å². The summed E-state index contributed by atoms with van der Waals surface area (Å²) < 4.78 is 1.20. The minimum atomic E-state index is 0.756. The normalized spacial score (nSPS) is 25.5. The van der Waals surface area contributed by atoms with Crippen LogP contribution in [0.5, 0.6) is 0 Å². The van der Waals surface area contributed by atoms with Crippen molar-refractivity contribution in [3.05, 3.63) is 20.8 Å². The van der Waals surface area contributed by atoms with Gasteiger partial charge in [0.1, 0.15) is 0 Å². The molecule has 2 unspecified atom stereocenters. The molecule has 0 aliphatic carbocycles. The molecule has 1 aromatic heterocycles. The molecule has 0 spiro atoms. The highest BCUT2D eigenvalue weighted by molar-refractivity contribution is 9.10. The van der Waals surface area contributed by atoms with Crippen LogP contribution in [0.1, 0.15) is 31.6 Å². The van der Waals surface area contributed by atoms with Gasteiger partial charge in [0.15, 0.2) is 0 Å². The zero-order chi connectivity index (χ0) is 13.0. The Morgan fingerprint density at radius 2 is 2.33 bits per heavy atom. The number of hydrogen-bond donors (Lipinski definition) is 1. The molecule has 0 radical (unpaired) electrons. The van der Waals surface area contributed by atoms with Crippen molar-refractivity contribution in [2.24, 2.45) is 5.92 Å². The number of rotatable bonds is 5. The fraction of sp³-hybridized carbons (Fsp3) is 0.714. The molecule has 2 atom stereocenters. The molecule has 2 nitrogen and oxygen atoms in total. The summed E-state index contributed by atoms with van der Waals surface area (Å²) in [6.07, 6.45) is 2.72. The summed E-state index contributed by atoms with van der Waals surface area (Å²) in [7, 11) is 0. The summed E-state index contributed by atoms with van der Waals surface area (Å²) >= 11 is 5.30. The van der Waals surface area contributed by atoms with Gasteiger partial charge in [-0.2, -0.15) is 0 Å². The Morgan fingerprint density at radius 3 is 3.00 bits per heavy atom. The molecule has 0 aromatic carbocycles. The molecule has 1 aromatic rings. The second kappa shape index (κ2) is 7.04. The second-order valence-corrected chi connectivity index (χ2v) is 7.33. The van der Waals surface area contributed by atoms with Crippen molar-refractivity contribution in [1.29, 1.82) is 0 Å². The van der Waals surface area contributed by atoms with E-state index in [9.17, 15) is 0 Å². The van der Waals surface area contributed by atoms with E-state index in [1.165, 1.54) is 35.3 Å². The fourth-order valence-electron chi connectivity index (χ4n) is 2.67. The molecule has 1 N–H and O–H groups in total. The summed E-state index contributed by atoms with van der Waals surface area (Å²) in [6.45, 7) is 9.28. The molecule has 4 heteroatoms. The molecule has 1 saturated heterocycles. The Balaban J connectivity index is 1.63. The van der Waals surface area contributed by atoms with Crippen molar-refractivity contribution in [3.8, 4) is 0 Å². The summed E-state index contributed by atoms with van der Waals surface area (Å²) in [4.78, 5) is 4.03. The van der Waals surface area contributed by atoms with Crippen molar-refractivity contribution < 1.29 is 0 Å². The molecule has 1 aliphatic heterocycles. The topological polar surface area (TPSA) is 15.3 Å². The predicted molar refractivity (Wildman–Crippen MR) is 83.2 cm³/mol. The standard InChI is InChI=1S/C14H23BrN2S/c1-11-3-5-17(12(2)7-11)6-4-16-9-14-8-13(15)10-18-14/h8,10-12,16H,3-7,9H2,1-2H3. The maximum absolute atomic E-state index is 3.54. The van der Waals surface area contributed by atoms with Gasteiger partial charge in [0.2, 0.25) is 0 Å². The van der Waals surface area contributed by atoms with Crippen LogP contribution in [0.25, 0.3) is 0 Å². The quantitative estimate of drug-likeness (QED) is 0.827. The monoisotopic (exact) mass is 330 g/mol. The summed E-state index contributed by atoms with van der Waals surface area (Å²) in [5, 5.41) is 5.69. The van der Waals surface area contributed by atoms with Gasteiger partial charge in [0, 0.05) is 40.4 Å². The van der Waals surface area contributed by atoms with E-state index in [1.807, 2.05) is 11.3 Å². The van der Waals surface area contributed by atoms with Crippen LogP contribution in [0.15, 0.2) is 15.9 Å². The highest BCUT2D eigenvalue weighted by Crippen LogP contribution is 2.21. The molecule has 1 fully saturated rings. The third-order valence-corrected chi connectivity index (χ3v) is 5.47. The summed E-state index contributed by atoms with van der Waals surface area (Å²) in [6, 6.07) is 2.95. The van der Waals surface area contributed by atoms with Gasteiger partial charge >= 0.3 is 0 Å². The van der Waals surface area contributed by atoms with E-state index < -0.39 is 0 Å². The van der Waals surface area contributed by atoms with Crippen LogP contribution in [0, 0.1) is 5.92 Å². The molecule has 0 amide bonds. The molecular weight excluding hydrogens is 308 g/mol. The Kier molecular flexibility index (Phi) is 5.67. The van der Waals surface area contributed by atoms with Crippen LogP contribution < -0.4 is 5.32 Å². The average Bonchev–Trinajstić information content (AvgIpc) is 2.73. The molecule has 0 bridgehead atoms. The van der Waals surface area contributed by atoms with Gasteiger partial charge in [-0.05, 0) is 54.2 Å². The first-order valence-electron chi connectivity index (χ1n) is 6.83. The van der Waals surface area contributed by atoms with E-state index in [1.54, 1.807) is 0 Å². The van der Waals surface area contributed by atoms with Crippen LogP contribution in [0.3, 0.4) is 0 Å². The zero-order valence-electron chi connectivity index (χ0n) is 11.3. The number of hydrogen-bond acceptors (Lipinski definition) is 3. The van der Waals surface area contributed by atoms with Crippen molar-refractivity contribution >= 4 is 27.3 Å². The first kappa shape index (κ1) is 14.5. The van der Waals surface area contributed by atoms with Crippen LogP contribution in [0.2, 0.25) is 0 Å². The van der Waals surface area contributed by atoms with Crippen LogP contribution in [-0.4, -0.2) is 30.6 Å². The van der Waals surface area contributed by atoms with Gasteiger partial charge in [0.25, 0.3) is 0 Å². The molecule has 102 valence electrons. The smallest absolute Gasteiger partial charge is 0.0300 e. The lowest BCUT2D eigenvalue weighted by atomic mass is 9.93. The lowest BCUT2D eigenvalue weighted by Gasteiger charge is -2.36. The molecular formula is C14H23BrN2S. The van der Waals surface area contributed by atoms with Crippen LogP contribution in [-0.2, 0) is 6.54 Å².